The summed E-state index contributed by atoms with van der Waals surface area (Å²) in [6.45, 7) is 6.96. The van der Waals surface area contributed by atoms with Gasteiger partial charge in [0.25, 0.3) is 0 Å². The largest absolute Gasteiger partial charge is 0.311 e. The maximum Gasteiger partial charge on any atom is 0.0300 e. The molecular formula is C14H22N2S. The summed E-state index contributed by atoms with van der Waals surface area (Å²) in [7, 11) is 0. The van der Waals surface area contributed by atoms with Crippen LogP contribution in [-0.4, -0.2) is 30.6 Å². The van der Waals surface area contributed by atoms with Gasteiger partial charge in [0.2, 0.25) is 0 Å². The van der Waals surface area contributed by atoms with Crippen LogP contribution >= 0.6 is 11.3 Å². The van der Waals surface area contributed by atoms with Gasteiger partial charge in [-0.1, -0.05) is 0 Å². The van der Waals surface area contributed by atoms with Gasteiger partial charge < -0.3 is 5.32 Å². The Hall–Kier alpha value is -0.380. The van der Waals surface area contributed by atoms with Crippen molar-refractivity contribution in [3.63, 3.8) is 0 Å². The molecule has 2 aliphatic rings. The molecule has 2 nitrogen and oxygen atoms in total. The van der Waals surface area contributed by atoms with Crippen LogP contribution in [0, 0.1) is 12.8 Å². The van der Waals surface area contributed by atoms with Crippen molar-refractivity contribution in [1.29, 1.82) is 0 Å². The number of rotatable bonds is 5. The number of piperidine rings is 1. The van der Waals surface area contributed by atoms with Gasteiger partial charge >= 0.3 is 0 Å². The van der Waals surface area contributed by atoms with Gasteiger partial charge in [-0.15, -0.1) is 11.3 Å². The van der Waals surface area contributed by atoms with Gasteiger partial charge in [0.15, 0.2) is 0 Å². The third-order valence-electron chi connectivity index (χ3n) is 4.19. The van der Waals surface area contributed by atoms with Crippen LogP contribution < -0.4 is 5.32 Å². The number of hydrogen-bond acceptors (Lipinski definition) is 3. The monoisotopic (exact) mass is 250 g/mol. The molecule has 3 heteroatoms. The van der Waals surface area contributed by atoms with Gasteiger partial charge in [-0.3, -0.25) is 4.90 Å². The quantitative estimate of drug-likeness (QED) is 0.808. The van der Waals surface area contributed by atoms with Crippen molar-refractivity contribution in [2.24, 2.45) is 5.92 Å². The standard InChI is InChI=1S/C14H22N2S/c1-11-2-5-14(17-11)9-15-6-7-16-10-12-3-4-13(16)8-12/h2,5,12-13,15H,3-4,6-10H2,1H3. The van der Waals surface area contributed by atoms with E-state index < -0.39 is 0 Å². The Balaban J connectivity index is 1.36. The summed E-state index contributed by atoms with van der Waals surface area (Å²) in [5.74, 6) is 1.03. The Morgan fingerprint density at radius 1 is 1.41 bits per heavy atom. The zero-order chi connectivity index (χ0) is 11.7. The summed E-state index contributed by atoms with van der Waals surface area (Å²) in [5.41, 5.74) is 0. The lowest BCUT2D eigenvalue weighted by atomic mass is 10.1. The molecule has 2 heterocycles. The first-order valence-corrected chi connectivity index (χ1v) is 7.63. The van der Waals surface area contributed by atoms with Gasteiger partial charge in [-0.05, 0) is 44.2 Å². The highest BCUT2D eigenvalue weighted by Crippen LogP contribution is 2.36. The van der Waals surface area contributed by atoms with Crippen molar-refractivity contribution >= 4 is 11.3 Å². The van der Waals surface area contributed by atoms with Crippen LogP contribution in [0.25, 0.3) is 0 Å². The Kier molecular flexibility index (Phi) is 3.50. The van der Waals surface area contributed by atoms with Gasteiger partial charge in [0, 0.05) is 42.0 Å². The van der Waals surface area contributed by atoms with Crippen LogP contribution in [0.2, 0.25) is 0 Å². The summed E-state index contributed by atoms with van der Waals surface area (Å²) < 4.78 is 0. The average Bonchev–Trinajstić information content (AvgIpc) is 3.00. The molecule has 1 N–H and O–H groups in total. The number of nitrogens with one attached hydrogen (secondary N) is 1. The Labute approximate surface area is 108 Å². The van der Waals surface area contributed by atoms with E-state index in [1.54, 1.807) is 0 Å². The average molecular weight is 250 g/mol. The molecule has 0 amide bonds. The van der Waals surface area contributed by atoms with E-state index in [1.165, 1.54) is 42.1 Å². The Morgan fingerprint density at radius 2 is 2.35 bits per heavy atom. The fraction of sp³-hybridized carbons (Fsp3) is 0.714. The molecule has 3 rings (SSSR count). The molecule has 17 heavy (non-hydrogen) atoms. The molecule has 1 aliphatic heterocycles. The number of aryl methyl sites for hydroxylation is 1. The molecule has 1 saturated carbocycles. The van der Waals surface area contributed by atoms with Crippen molar-refractivity contribution in [2.75, 3.05) is 19.6 Å². The number of hydrogen-bond donors (Lipinski definition) is 1. The molecule has 0 radical (unpaired) electrons. The van der Waals surface area contributed by atoms with E-state index in [1.807, 2.05) is 11.3 Å². The second-order valence-electron chi connectivity index (χ2n) is 5.52. The SMILES string of the molecule is Cc1ccc(CNCCN2CC3CCC2C3)s1. The predicted octanol–water partition coefficient (Wildman–Crippen LogP) is 2.63. The zero-order valence-corrected chi connectivity index (χ0v) is 11.4. The van der Waals surface area contributed by atoms with Crippen LogP contribution in [0.4, 0.5) is 0 Å². The highest BCUT2D eigenvalue weighted by atomic mass is 32.1. The van der Waals surface area contributed by atoms with Crippen molar-refractivity contribution in [3.05, 3.63) is 21.9 Å². The lowest BCUT2D eigenvalue weighted by molar-refractivity contribution is 0.214. The first-order valence-electron chi connectivity index (χ1n) is 6.81. The van der Waals surface area contributed by atoms with Gasteiger partial charge in [-0.2, -0.15) is 0 Å². The molecule has 1 aliphatic carbocycles. The van der Waals surface area contributed by atoms with E-state index in [4.69, 9.17) is 0 Å². The summed E-state index contributed by atoms with van der Waals surface area (Å²) >= 11 is 1.91. The molecule has 1 saturated heterocycles. The lowest BCUT2D eigenvalue weighted by Gasteiger charge is -2.26. The summed E-state index contributed by atoms with van der Waals surface area (Å²) in [4.78, 5) is 5.57. The van der Waals surface area contributed by atoms with Gasteiger partial charge in [0.1, 0.15) is 0 Å². The predicted molar refractivity (Wildman–Crippen MR) is 73.5 cm³/mol. The molecular weight excluding hydrogens is 228 g/mol. The second kappa shape index (κ2) is 5.09. The van der Waals surface area contributed by atoms with Crippen LogP contribution in [0.5, 0.6) is 0 Å². The smallest absolute Gasteiger partial charge is 0.0300 e. The summed E-state index contributed by atoms with van der Waals surface area (Å²) in [5, 5.41) is 3.57. The molecule has 94 valence electrons. The topological polar surface area (TPSA) is 15.3 Å². The van der Waals surface area contributed by atoms with Gasteiger partial charge in [0.05, 0.1) is 0 Å². The van der Waals surface area contributed by atoms with Crippen LogP contribution in [-0.2, 0) is 6.54 Å². The minimum atomic E-state index is 0.922. The molecule has 0 aromatic carbocycles. The maximum absolute atomic E-state index is 3.57. The van der Waals surface area contributed by atoms with Crippen LogP contribution in [0.3, 0.4) is 0 Å². The highest BCUT2D eigenvalue weighted by molar-refractivity contribution is 7.11. The molecule has 2 atom stereocenters. The minimum Gasteiger partial charge on any atom is -0.311 e. The fourth-order valence-electron chi connectivity index (χ4n) is 3.31. The number of nitrogens with zero attached hydrogens (tertiary/aromatic N) is 1. The molecule has 0 spiro atoms. The number of thiophene rings is 1. The molecule has 2 unspecified atom stereocenters. The summed E-state index contributed by atoms with van der Waals surface area (Å²) in [6.07, 6.45) is 4.42. The zero-order valence-electron chi connectivity index (χ0n) is 10.6. The molecule has 2 fully saturated rings. The molecule has 2 bridgehead atoms. The van der Waals surface area contributed by atoms with Crippen LogP contribution in [0.15, 0.2) is 12.1 Å². The second-order valence-corrected chi connectivity index (χ2v) is 6.89. The Morgan fingerprint density at radius 3 is 3.00 bits per heavy atom. The van der Waals surface area contributed by atoms with E-state index in [2.05, 4.69) is 29.3 Å². The number of fused-ring (bicyclic) bond motifs is 2. The minimum absolute atomic E-state index is 0.922. The van der Waals surface area contributed by atoms with E-state index >= 15 is 0 Å². The van der Waals surface area contributed by atoms with E-state index in [9.17, 15) is 0 Å². The third-order valence-corrected chi connectivity index (χ3v) is 5.19. The van der Waals surface area contributed by atoms with Crippen LogP contribution in [0.1, 0.15) is 29.0 Å². The first kappa shape index (κ1) is 11.7. The van der Waals surface area contributed by atoms with Gasteiger partial charge in [-0.25, -0.2) is 0 Å². The van der Waals surface area contributed by atoms with Crippen molar-refractivity contribution in [1.82, 2.24) is 10.2 Å². The summed E-state index contributed by atoms with van der Waals surface area (Å²) in [6, 6.07) is 5.37. The molecule has 1 aromatic heterocycles. The first-order chi connectivity index (χ1) is 8.31. The lowest BCUT2D eigenvalue weighted by Crippen LogP contribution is -2.37. The normalized spacial score (nSPS) is 28.1. The maximum atomic E-state index is 3.57. The van der Waals surface area contributed by atoms with Crippen molar-refractivity contribution in [2.45, 2.75) is 38.8 Å². The van der Waals surface area contributed by atoms with Crippen molar-refractivity contribution in [3.8, 4) is 0 Å². The molecule has 1 aromatic rings. The van der Waals surface area contributed by atoms with E-state index in [0.717, 1.165) is 25.0 Å². The third kappa shape index (κ3) is 2.72. The number of likely N-dealkylation sites (tertiary alicyclic amines) is 1. The van der Waals surface area contributed by atoms with Crippen molar-refractivity contribution < 1.29 is 0 Å². The highest BCUT2D eigenvalue weighted by Gasteiger charge is 2.36. The van der Waals surface area contributed by atoms with E-state index in [0.29, 0.717) is 0 Å². The van der Waals surface area contributed by atoms with E-state index in [-0.39, 0.29) is 0 Å². The fourth-order valence-corrected chi connectivity index (χ4v) is 4.17. The Bertz CT molecular complexity index is 374.